The highest BCUT2D eigenvalue weighted by Crippen LogP contribution is 2.22. The zero-order valence-electron chi connectivity index (χ0n) is 9.34. The molecular weight excluding hydrogens is 275 g/mol. The van der Waals surface area contributed by atoms with Crippen molar-refractivity contribution < 1.29 is 0 Å². The average Bonchev–Trinajstić information content (AvgIpc) is 2.70. The summed E-state index contributed by atoms with van der Waals surface area (Å²) >= 11 is 13.5. The van der Waals surface area contributed by atoms with Gasteiger partial charge in [0.1, 0.15) is 0 Å². The molecule has 17 heavy (non-hydrogen) atoms. The minimum absolute atomic E-state index is 0.591. The first-order valence-corrected chi connectivity index (χ1v) is 6.84. The van der Waals surface area contributed by atoms with Gasteiger partial charge in [0, 0.05) is 18.0 Å². The molecule has 0 amide bonds. The lowest BCUT2D eigenvalue weighted by atomic mass is 10.2. The van der Waals surface area contributed by atoms with Gasteiger partial charge >= 0.3 is 0 Å². The maximum absolute atomic E-state index is 5.95. The number of rotatable bonds is 4. The minimum atomic E-state index is 0.591. The summed E-state index contributed by atoms with van der Waals surface area (Å²) in [4.78, 5) is 5.48. The van der Waals surface area contributed by atoms with E-state index in [1.807, 2.05) is 30.6 Å². The van der Waals surface area contributed by atoms with Crippen molar-refractivity contribution in [2.45, 2.75) is 20.0 Å². The van der Waals surface area contributed by atoms with Crippen molar-refractivity contribution in [3.8, 4) is 0 Å². The van der Waals surface area contributed by atoms with E-state index in [0.717, 1.165) is 24.3 Å². The fraction of sp³-hybridized carbons (Fsp3) is 0.250. The predicted octanol–water partition coefficient (Wildman–Crippen LogP) is 4.05. The van der Waals surface area contributed by atoms with E-state index in [1.165, 1.54) is 4.88 Å². The average molecular weight is 287 g/mol. The molecule has 0 unspecified atom stereocenters. The molecule has 1 N–H and O–H groups in total. The summed E-state index contributed by atoms with van der Waals surface area (Å²) in [5.41, 5.74) is 4.09. The van der Waals surface area contributed by atoms with Gasteiger partial charge < -0.3 is 5.32 Å². The third kappa shape index (κ3) is 3.42. The van der Waals surface area contributed by atoms with Gasteiger partial charge in [0.15, 0.2) is 0 Å². The maximum atomic E-state index is 5.95. The highest BCUT2D eigenvalue weighted by molar-refractivity contribution is 7.09. The topological polar surface area (TPSA) is 24.9 Å². The molecule has 90 valence electrons. The van der Waals surface area contributed by atoms with Gasteiger partial charge in [-0.1, -0.05) is 29.3 Å². The van der Waals surface area contributed by atoms with Crippen molar-refractivity contribution in [3.63, 3.8) is 0 Å². The van der Waals surface area contributed by atoms with Crippen molar-refractivity contribution >= 4 is 34.5 Å². The van der Waals surface area contributed by atoms with Crippen LogP contribution < -0.4 is 5.32 Å². The van der Waals surface area contributed by atoms with Crippen molar-refractivity contribution in [1.29, 1.82) is 0 Å². The van der Waals surface area contributed by atoms with Crippen LogP contribution in [-0.2, 0) is 13.1 Å². The van der Waals surface area contributed by atoms with Crippen molar-refractivity contribution in [3.05, 3.63) is 49.9 Å². The fourth-order valence-electron chi connectivity index (χ4n) is 1.47. The summed E-state index contributed by atoms with van der Waals surface area (Å²) in [6.07, 6.45) is 0. The second-order valence-corrected chi connectivity index (χ2v) is 5.47. The molecular formula is C12H12Cl2N2S. The van der Waals surface area contributed by atoms with Crippen LogP contribution in [0.1, 0.15) is 16.1 Å². The monoisotopic (exact) mass is 286 g/mol. The van der Waals surface area contributed by atoms with E-state index < -0.39 is 0 Å². The summed E-state index contributed by atoms with van der Waals surface area (Å²) < 4.78 is 0. The summed E-state index contributed by atoms with van der Waals surface area (Å²) in [7, 11) is 0. The molecule has 1 aromatic heterocycles. The molecule has 0 aliphatic carbocycles. The van der Waals surface area contributed by atoms with E-state index >= 15 is 0 Å². The maximum Gasteiger partial charge on any atom is 0.0798 e. The lowest BCUT2D eigenvalue weighted by molar-refractivity contribution is 0.697. The third-order valence-corrected chi connectivity index (χ3v) is 4.12. The molecule has 0 aliphatic heterocycles. The van der Waals surface area contributed by atoms with Crippen LogP contribution in [-0.4, -0.2) is 4.98 Å². The second kappa shape index (κ2) is 5.83. The van der Waals surface area contributed by atoms with Crippen molar-refractivity contribution in [2.75, 3.05) is 0 Å². The number of benzene rings is 1. The highest BCUT2D eigenvalue weighted by atomic mass is 35.5. The van der Waals surface area contributed by atoms with Gasteiger partial charge in [-0.2, -0.15) is 0 Å². The molecule has 0 fully saturated rings. The van der Waals surface area contributed by atoms with E-state index in [1.54, 1.807) is 11.3 Å². The first-order valence-electron chi connectivity index (χ1n) is 5.20. The van der Waals surface area contributed by atoms with Gasteiger partial charge in [-0.15, -0.1) is 11.3 Å². The Bertz CT molecular complexity index is 511. The first-order chi connectivity index (χ1) is 8.16. The van der Waals surface area contributed by atoms with Gasteiger partial charge in [-0.25, -0.2) is 4.98 Å². The molecule has 0 spiro atoms. The Labute approximate surface area is 115 Å². The predicted molar refractivity (Wildman–Crippen MR) is 73.9 cm³/mol. The Morgan fingerprint density at radius 3 is 2.71 bits per heavy atom. The van der Waals surface area contributed by atoms with E-state index in [9.17, 15) is 0 Å². The van der Waals surface area contributed by atoms with Crippen LogP contribution in [0.4, 0.5) is 0 Å². The lowest BCUT2D eigenvalue weighted by Crippen LogP contribution is -2.12. The third-order valence-electron chi connectivity index (χ3n) is 2.44. The zero-order valence-corrected chi connectivity index (χ0v) is 11.7. The van der Waals surface area contributed by atoms with Crippen LogP contribution in [0.25, 0.3) is 0 Å². The Balaban J connectivity index is 1.90. The van der Waals surface area contributed by atoms with E-state index in [4.69, 9.17) is 23.2 Å². The second-order valence-electron chi connectivity index (χ2n) is 3.71. The highest BCUT2D eigenvalue weighted by Gasteiger charge is 2.02. The van der Waals surface area contributed by atoms with Gasteiger partial charge in [-0.3, -0.25) is 0 Å². The van der Waals surface area contributed by atoms with E-state index in [0.29, 0.717) is 10.0 Å². The molecule has 2 nitrogen and oxygen atoms in total. The van der Waals surface area contributed by atoms with E-state index in [2.05, 4.69) is 10.3 Å². The number of halogens is 2. The Kier molecular flexibility index (Phi) is 4.40. The lowest BCUT2D eigenvalue weighted by Gasteiger charge is -2.05. The Morgan fingerprint density at radius 2 is 2.06 bits per heavy atom. The van der Waals surface area contributed by atoms with Crippen LogP contribution in [0.15, 0.2) is 23.7 Å². The summed E-state index contributed by atoms with van der Waals surface area (Å²) in [6.45, 7) is 3.62. The van der Waals surface area contributed by atoms with E-state index in [-0.39, 0.29) is 0 Å². The van der Waals surface area contributed by atoms with Crippen LogP contribution in [0.2, 0.25) is 10.0 Å². The number of nitrogens with one attached hydrogen (secondary N) is 1. The molecule has 0 radical (unpaired) electrons. The molecule has 0 saturated heterocycles. The smallest absolute Gasteiger partial charge is 0.0798 e. The standard InChI is InChI=1S/C12H12Cl2N2S/c1-8-12(17-7-16-8)6-15-5-9-2-3-10(13)11(14)4-9/h2-4,7,15H,5-6H2,1H3. The fourth-order valence-corrected chi connectivity index (χ4v) is 2.53. The van der Waals surface area contributed by atoms with Gasteiger partial charge in [0.25, 0.3) is 0 Å². The van der Waals surface area contributed by atoms with Crippen LogP contribution in [0.5, 0.6) is 0 Å². The number of hydrogen-bond acceptors (Lipinski definition) is 3. The molecule has 1 heterocycles. The van der Waals surface area contributed by atoms with Crippen LogP contribution in [0.3, 0.4) is 0 Å². The SMILES string of the molecule is Cc1ncsc1CNCc1ccc(Cl)c(Cl)c1. The molecule has 0 bridgehead atoms. The molecule has 2 aromatic rings. The zero-order chi connectivity index (χ0) is 12.3. The largest absolute Gasteiger partial charge is 0.308 e. The number of aryl methyl sites for hydroxylation is 1. The van der Waals surface area contributed by atoms with Gasteiger partial charge in [0.2, 0.25) is 0 Å². The first kappa shape index (κ1) is 12.8. The quantitative estimate of drug-likeness (QED) is 0.917. The number of hydrogen-bond donors (Lipinski definition) is 1. The number of aromatic nitrogens is 1. The number of nitrogens with zero attached hydrogens (tertiary/aromatic N) is 1. The molecule has 5 heteroatoms. The summed E-state index contributed by atoms with van der Waals surface area (Å²) in [5.74, 6) is 0. The summed E-state index contributed by atoms with van der Waals surface area (Å²) in [6, 6.07) is 5.68. The van der Waals surface area contributed by atoms with Gasteiger partial charge in [0.05, 0.1) is 21.2 Å². The Morgan fingerprint density at radius 1 is 1.24 bits per heavy atom. The molecule has 0 atom stereocenters. The van der Waals surface area contributed by atoms with Crippen molar-refractivity contribution in [2.24, 2.45) is 0 Å². The molecule has 1 aromatic carbocycles. The summed E-state index contributed by atoms with van der Waals surface area (Å²) in [5, 5.41) is 4.55. The van der Waals surface area contributed by atoms with Crippen LogP contribution >= 0.6 is 34.5 Å². The minimum Gasteiger partial charge on any atom is -0.308 e. The van der Waals surface area contributed by atoms with Crippen LogP contribution in [0, 0.1) is 6.92 Å². The Hall–Kier alpha value is -0.610. The normalized spacial score (nSPS) is 10.8. The molecule has 0 saturated carbocycles. The van der Waals surface area contributed by atoms with Gasteiger partial charge in [-0.05, 0) is 24.6 Å². The molecule has 0 aliphatic rings. The molecule has 2 rings (SSSR count). The van der Waals surface area contributed by atoms with Crippen molar-refractivity contribution in [1.82, 2.24) is 10.3 Å². The number of thiazole rings is 1.